The number of thiocarbonyl (C=S) groups is 1. The van der Waals surface area contributed by atoms with Crippen LogP contribution in [0.4, 0.5) is 0 Å². The zero-order valence-corrected chi connectivity index (χ0v) is 20.3. The molecule has 160 valence electrons. The van der Waals surface area contributed by atoms with Gasteiger partial charge in [0.25, 0.3) is 0 Å². The summed E-state index contributed by atoms with van der Waals surface area (Å²) in [6.45, 7) is 17.8. The maximum Gasteiger partial charge on any atom is 0.107 e. The average Bonchev–Trinajstić information content (AvgIpc) is 3.14. The molecule has 1 aromatic rings. The minimum absolute atomic E-state index is 0.00927. The van der Waals surface area contributed by atoms with Gasteiger partial charge < -0.3 is 5.32 Å². The fourth-order valence-electron chi connectivity index (χ4n) is 4.86. The quantitative estimate of drug-likeness (QED) is 0.251. The molecule has 0 saturated heterocycles. The Kier molecular flexibility index (Phi) is 8.28. The van der Waals surface area contributed by atoms with Gasteiger partial charge in [-0.05, 0) is 67.7 Å². The number of hydrogen-bond acceptors (Lipinski definition) is 1. The van der Waals surface area contributed by atoms with Gasteiger partial charge in [-0.1, -0.05) is 95.9 Å². The Morgan fingerprint density at radius 3 is 2.45 bits per heavy atom. The maximum atomic E-state index is 5.91. The Morgan fingerprint density at radius 1 is 1.21 bits per heavy atom. The number of aryl methyl sites for hydroxylation is 1. The zero-order valence-electron chi connectivity index (χ0n) is 19.5. The summed E-state index contributed by atoms with van der Waals surface area (Å²) in [7, 11) is 0. The van der Waals surface area contributed by atoms with Crippen molar-refractivity contribution in [3.8, 4) is 0 Å². The molecule has 1 nitrogen and oxygen atoms in total. The molecule has 0 amide bonds. The maximum absolute atomic E-state index is 5.91. The largest absolute Gasteiger partial charge is 0.371 e. The fraction of sp³-hybridized carbons (Fsp3) is 0.593. The number of nitrogens with one attached hydrogen (secondary N) is 1. The summed E-state index contributed by atoms with van der Waals surface area (Å²) in [4.78, 5) is 0.827. The zero-order chi connectivity index (χ0) is 21.7. The molecule has 0 aromatic heterocycles. The van der Waals surface area contributed by atoms with Crippen LogP contribution in [0.15, 0.2) is 36.4 Å². The molecule has 0 heterocycles. The van der Waals surface area contributed by atoms with E-state index in [1.54, 1.807) is 0 Å². The third-order valence-electron chi connectivity index (χ3n) is 6.89. The second-order valence-electron chi connectivity index (χ2n) is 10.2. The van der Waals surface area contributed by atoms with Crippen molar-refractivity contribution in [1.29, 1.82) is 0 Å². The lowest BCUT2D eigenvalue weighted by atomic mass is 9.73. The highest BCUT2D eigenvalue weighted by atomic mass is 32.1. The molecule has 0 radical (unpaired) electrons. The third-order valence-corrected chi connectivity index (χ3v) is 7.23. The first-order valence-corrected chi connectivity index (χ1v) is 11.7. The van der Waals surface area contributed by atoms with Gasteiger partial charge in [0.15, 0.2) is 0 Å². The Morgan fingerprint density at radius 2 is 1.86 bits per heavy atom. The second kappa shape index (κ2) is 10.1. The molecule has 2 heteroatoms. The van der Waals surface area contributed by atoms with Crippen LogP contribution in [0.5, 0.6) is 0 Å². The Balaban J connectivity index is 2.27. The SMILES string of the molecule is C=C/C(=C\c1cccc(C)c1C)C(=S)NC(C)(CC1CCCC1)CC(C)(C)CC. The molecule has 29 heavy (non-hydrogen) atoms. The number of hydrogen-bond donors (Lipinski definition) is 1. The van der Waals surface area contributed by atoms with Gasteiger partial charge >= 0.3 is 0 Å². The second-order valence-corrected chi connectivity index (χ2v) is 10.6. The van der Waals surface area contributed by atoms with Crippen LogP contribution < -0.4 is 5.32 Å². The smallest absolute Gasteiger partial charge is 0.107 e. The van der Waals surface area contributed by atoms with Crippen LogP contribution in [0.2, 0.25) is 0 Å². The van der Waals surface area contributed by atoms with Gasteiger partial charge in [-0.15, -0.1) is 0 Å². The molecule has 1 fully saturated rings. The van der Waals surface area contributed by atoms with Crippen LogP contribution in [0, 0.1) is 25.2 Å². The van der Waals surface area contributed by atoms with Gasteiger partial charge in [-0.25, -0.2) is 0 Å². The highest BCUT2D eigenvalue weighted by molar-refractivity contribution is 7.80. The molecule has 1 saturated carbocycles. The van der Waals surface area contributed by atoms with Crippen LogP contribution >= 0.6 is 12.2 Å². The topological polar surface area (TPSA) is 12.0 Å². The molecule has 0 aliphatic heterocycles. The van der Waals surface area contributed by atoms with Crippen LogP contribution in [-0.2, 0) is 0 Å². The van der Waals surface area contributed by atoms with E-state index in [0.717, 1.165) is 22.9 Å². The summed E-state index contributed by atoms with van der Waals surface area (Å²) in [5.41, 5.74) is 5.14. The van der Waals surface area contributed by atoms with Crippen LogP contribution in [-0.4, -0.2) is 10.5 Å². The van der Waals surface area contributed by atoms with E-state index in [0.29, 0.717) is 5.41 Å². The van der Waals surface area contributed by atoms with E-state index in [1.807, 2.05) is 6.08 Å². The third kappa shape index (κ3) is 6.81. The number of rotatable bonds is 9. The lowest BCUT2D eigenvalue weighted by Crippen LogP contribution is -2.49. The Bertz CT molecular complexity index is 752. The van der Waals surface area contributed by atoms with Crippen LogP contribution in [0.25, 0.3) is 6.08 Å². The lowest BCUT2D eigenvalue weighted by molar-refractivity contribution is 0.191. The van der Waals surface area contributed by atoms with Gasteiger partial charge in [-0.2, -0.15) is 0 Å². The van der Waals surface area contributed by atoms with E-state index < -0.39 is 0 Å². The Hall–Kier alpha value is -1.41. The summed E-state index contributed by atoms with van der Waals surface area (Å²) in [6.07, 6.45) is 13.1. The molecule has 1 atom stereocenters. The van der Waals surface area contributed by atoms with E-state index in [2.05, 4.69) is 77.7 Å². The first-order valence-electron chi connectivity index (χ1n) is 11.3. The molecular weight excluding hydrogens is 370 g/mol. The van der Waals surface area contributed by atoms with Crippen molar-refractivity contribution in [2.24, 2.45) is 11.3 Å². The van der Waals surface area contributed by atoms with Crippen molar-refractivity contribution < 1.29 is 0 Å². The predicted molar refractivity (Wildman–Crippen MR) is 133 cm³/mol. The van der Waals surface area contributed by atoms with Gasteiger partial charge in [0.05, 0.1) is 0 Å². The van der Waals surface area contributed by atoms with Gasteiger partial charge in [0, 0.05) is 11.1 Å². The first kappa shape index (κ1) is 23.9. The molecule has 2 rings (SSSR count). The van der Waals surface area contributed by atoms with Gasteiger partial charge in [0.2, 0.25) is 0 Å². The van der Waals surface area contributed by atoms with E-state index in [-0.39, 0.29) is 5.54 Å². The molecule has 1 unspecified atom stereocenters. The highest BCUT2D eigenvalue weighted by Gasteiger charge is 2.35. The summed E-state index contributed by atoms with van der Waals surface area (Å²) in [6, 6.07) is 6.42. The number of benzene rings is 1. The van der Waals surface area contributed by atoms with Crippen LogP contribution in [0.3, 0.4) is 0 Å². The predicted octanol–water partition coefficient (Wildman–Crippen LogP) is 7.96. The standard InChI is InChI=1S/C27H41NS/c1-8-23(17-24-16-12-13-20(3)21(24)4)25(29)28-27(7,19-26(5,6)9-2)18-22-14-10-11-15-22/h8,12-13,16-17,22H,1,9-11,14-15,18-19H2,2-7H3,(H,28,29)/b23-17+. The van der Waals surface area contributed by atoms with Crippen LogP contribution in [0.1, 0.15) is 89.3 Å². The molecule has 1 aliphatic rings. The summed E-state index contributed by atoms with van der Waals surface area (Å²) in [5.74, 6) is 0.818. The summed E-state index contributed by atoms with van der Waals surface area (Å²) in [5, 5.41) is 3.81. The van der Waals surface area contributed by atoms with Crippen molar-refractivity contribution in [2.45, 2.75) is 92.0 Å². The van der Waals surface area contributed by atoms with E-state index in [4.69, 9.17) is 12.2 Å². The van der Waals surface area contributed by atoms with Crippen molar-refractivity contribution in [2.75, 3.05) is 0 Å². The highest BCUT2D eigenvalue weighted by Crippen LogP contribution is 2.39. The summed E-state index contributed by atoms with van der Waals surface area (Å²) < 4.78 is 0. The molecule has 0 spiro atoms. The average molecular weight is 412 g/mol. The molecule has 1 aliphatic carbocycles. The van der Waals surface area contributed by atoms with Crippen molar-refractivity contribution in [1.82, 2.24) is 5.32 Å². The molecule has 1 N–H and O–H groups in total. The summed E-state index contributed by atoms with van der Waals surface area (Å²) >= 11 is 5.91. The van der Waals surface area contributed by atoms with Gasteiger partial charge in [-0.3, -0.25) is 0 Å². The minimum Gasteiger partial charge on any atom is -0.371 e. The van der Waals surface area contributed by atoms with Crippen molar-refractivity contribution in [3.63, 3.8) is 0 Å². The normalized spacial score (nSPS) is 17.8. The van der Waals surface area contributed by atoms with Gasteiger partial charge in [0.1, 0.15) is 4.99 Å². The van der Waals surface area contributed by atoms with E-state index in [9.17, 15) is 0 Å². The molecule has 0 bridgehead atoms. The lowest BCUT2D eigenvalue weighted by Gasteiger charge is -2.40. The fourth-order valence-corrected chi connectivity index (χ4v) is 5.25. The molecule has 1 aromatic carbocycles. The van der Waals surface area contributed by atoms with Crippen molar-refractivity contribution >= 4 is 23.3 Å². The molecular formula is C27H41NS. The van der Waals surface area contributed by atoms with Crippen molar-refractivity contribution in [3.05, 3.63) is 53.1 Å². The van der Waals surface area contributed by atoms with E-state index >= 15 is 0 Å². The first-order chi connectivity index (χ1) is 13.6. The monoisotopic (exact) mass is 411 g/mol. The Labute approximate surface area is 185 Å². The van der Waals surface area contributed by atoms with E-state index in [1.165, 1.54) is 55.2 Å². The minimum atomic E-state index is 0.00927.